The minimum Gasteiger partial charge on any atom is -0.361 e. The second-order valence-electron chi connectivity index (χ2n) is 5.90. The van der Waals surface area contributed by atoms with E-state index in [-0.39, 0.29) is 18.1 Å². The summed E-state index contributed by atoms with van der Waals surface area (Å²) < 4.78 is 4.93. The highest BCUT2D eigenvalue weighted by Crippen LogP contribution is 2.30. The number of hydrogen-bond donors (Lipinski definition) is 1. The molecule has 0 unspecified atom stereocenters. The van der Waals surface area contributed by atoms with E-state index < -0.39 is 5.41 Å². The van der Waals surface area contributed by atoms with Gasteiger partial charge in [0, 0.05) is 11.5 Å². The van der Waals surface area contributed by atoms with Gasteiger partial charge in [-0.2, -0.15) is 0 Å². The molecule has 0 radical (unpaired) electrons. The smallest absolute Gasteiger partial charge is 0.231 e. The average Bonchev–Trinajstić information content (AvgIpc) is 2.96. The van der Waals surface area contributed by atoms with Crippen molar-refractivity contribution in [1.82, 2.24) is 5.16 Å². The lowest BCUT2D eigenvalue weighted by atomic mass is 9.87. The molecule has 0 saturated carbocycles. The summed E-state index contributed by atoms with van der Waals surface area (Å²) in [4.78, 5) is 24.3. The number of aryl methyl sites for hydroxylation is 1. The Balaban J connectivity index is 2.08. The van der Waals surface area contributed by atoms with Crippen LogP contribution in [0.1, 0.15) is 42.6 Å². The van der Waals surface area contributed by atoms with Crippen molar-refractivity contribution >= 4 is 28.0 Å². The van der Waals surface area contributed by atoms with Gasteiger partial charge in [-0.1, -0.05) is 25.9 Å². The molecular formula is C15H18N2O3S. The van der Waals surface area contributed by atoms with Crippen molar-refractivity contribution in [3.05, 3.63) is 34.5 Å². The third-order valence-corrected chi connectivity index (χ3v) is 3.69. The summed E-state index contributed by atoms with van der Waals surface area (Å²) in [5, 5.41) is 8.94. The van der Waals surface area contributed by atoms with Crippen LogP contribution in [-0.2, 0) is 11.2 Å². The number of aromatic nitrogens is 1. The summed E-state index contributed by atoms with van der Waals surface area (Å²) in [6.07, 6.45) is 0.123. The number of carbonyl (C=O) groups excluding carboxylic acids is 2. The molecule has 112 valence electrons. The van der Waals surface area contributed by atoms with E-state index >= 15 is 0 Å². The van der Waals surface area contributed by atoms with Gasteiger partial charge >= 0.3 is 0 Å². The standard InChI is InChI=1S/C15H18N2O3S/c1-9-7-10(17-20-9)8-12(18)16-14-11(5-6-21-14)13(19)15(2,3)4/h5-7H,8H2,1-4H3,(H,16,18). The van der Waals surface area contributed by atoms with Gasteiger partial charge in [-0.25, -0.2) is 0 Å². The van der Waals surface area contributed by atoms with Crippen LogP contribution in [-0.4, -0.2) is 16.8 Å². The Labute approximate surface area is 127 Å². The summed E-state index contributed by atoms with van der Waals surface area (Å²) in [5.41, 5.74) is 0.645. The molecule has 6 heteroatoms. The maximum atomic E-state index is 12.3. The van der Waals surface area contributed by atoms with Crippen LogP contribution in [0, 0.1) is 12.3 Å². The number of Topliss-reactive ketones (excluding diaryl/α,β-unsaturated/α-hetero) is 1. The summed E-state index contributed by atoms with van der Waals surface area (Å²) in [6.45, 7) is 7.35. The van der Waals surface area contributed by atoms with Crippen molar-refractivity contribution in [2.24, 2.45) is 5.41 Å². The van der Waals surface area contributed by atoms with Gasteiger partial charge in [-0.3, -0.25) is 9.59 Å². The Morgan fingerprint density at radius 1 is 1.38 bits per heavy atom. The van der Waals surface area contributed by atoms with Gasteiger partial charge in [0.05, 0.1) is 17.7 Å². The first kappa shape index (κ1) is 15.4. The zero-order valence-corrected chi connectivity index (χ0v) is 13.3. The summed E-state index contributed by atoms with van der Waals surface area (Å²) in [5.74, 6) is 0.461. The minimum atomic E-state index is -0.482. The molecule has 21 heavy (non-hydrogen) atoms. The number of ketones is 1. The maximum Gasteiger partial charge on any atom is 0.231 e. The van der Waals surface area contributed by atoms with E-state index in [9.17, 15) is 9.59 Å². The van der Waals surface area contributed by atoms with E-state index in [1.807, 2.05) is 20.8 Å². The van der Waals surface area contributed by atoms with Crippen LogP contribution >= 0.6 is 11.3 Å². The van der Waals surface area contributed by atoms with Crippen LogP contribution in [0.5, 0.6) is 0 Å². The maximum absolute atomic E-state index is 12.3. The predicted molar refractivity (Wildman–Crippen MR) is 81.7 cm³/mol. The molecule has 0 aliphatic rings. The molecular weight excluding hydrogens is 288 g/mol. The Bertz CT molecular complexity index is 665. The average molecular weight is 306 g/mol. The molecule has 0 fully saturated rings. The van der Waals surface area contributed by atoms with Gasteiger partial charge in [-0.05, 0) is 18.4 Å². The molecule has 0 saturated heterocycles. The molecule has 1 amide bonds. The van der Waals surface area contributed by atoms with Gasteiger partial charge in [0.2, 0.25) is 5.91 Å². The van der Waals surface area contributed by atoms with Crippen molar-refractivity contribution in [3.8, 4) is 0 Å². The Morgan fingerprint density at radius 2 is 2.10 bits per heavy atom. The third kappa shape index (κ3) is 3.78. The lowest BCUT2D eigenvalue weighted by Gasteiger charge is -2.16. The van der Waals surface area contributed by atoms with Crippen LogP contribution < -0.4 is 5.32 Å². The second kappa shape index (κ2) is 5.81. The highest BCUT2D eigenvalue weighted by molar-refractivity contribution is 7.14. The van der Waals surface area contributed by atoms with Gasteiger partial charge in [-0.15, -0.1) is 11.3 Å². The topological polar surface area (TPSA) is 72.2 Å². The lowest BCUT2D eigenvalue weighted by molar-refractivity contribution is -0.115. The molecule has 0 spiro atoms. The number of carbonyl (C=O) groups is 2. The number of anilines is 1. The first-order chi connectivity index (χ1) is 9.77. The van der Waals surface area contributed by atoms with E-state index in [1.54, 1.807) is 24.4 Å². The van der Waals surface area contributed by atoms with Crippen molar-refractivity contribution in [3.63, 3.8) is 0 Å². The minimum absolute atomic E-state index is 0.0105. The lowest BCUT2D eigenvalue weighted by Crippen LogP contribution is -2.22. The monoisotopic (exact) mass is 306 g/mol. The molecule has 5 nitrogen and oxygen atoms in total. The Morgan fingerprint density at radius 3 is 2.67 bits per heavy atom. The molecule has 2 heterocycles. The predicted octanol–water partition coefficient (Wildman–Crippen LogP) is 3.45. The first-order valence-electron chi connectivity index (χ1n) is 6.61. The van der Waals surface area contributed by atoms with Crippen molar-refractivity contribution < 1.29 is 14.1 Å². The quantitative estimate of drug-likeness (QED) is 0.878. The number of amides is 1. The van der Waals surface area contributed by atoms with Crippen molar-refractivity contribution in [2.75, 3.05) is 5.32 Å². The van der Waals surface area contributed by atoms with Crippen LogP contribution in [0.15, 0.2) is 22.0 Å². The van der Waals surface area contributed by atoms with Crippen LogP contribution in [0.3, 0.4) is 0 Å². The Kier molecular flexibility index (Phi) is 4.27. The van der Waals surface area contributed by atoms with E-state index in [2.05, 4.69) is 10.5 Å². The second-order valence-corrected chi connectivity index (χ2v) is 6.81. The van der Waals surface area contributed by atoms with Gasteiger partial charge in [0.25, 0.3) is 0 Å². The summed E-state index contributed by atoms with van der Waals surface area (Å²) >= 11 is 1.34. The molecule has 0 aliphatic heterocycles. The fourth-order valence-corrected chi connectivity index (χ4v) is 2.63. The SMILES string of the molecule is Cc1cc(CC(=O)Nc2sccc2C(=O)C(C)(C)C)no1. The summed E-state index contributed by atoms with van der Waals surface area (Å²) in [6, 6.07) is 3.46. The molecule has 2 rings (SSSR count). The fourth-order valence-electron chi connectivity index (χ4n) is 1.83. The van der Waals surface area contributed by atoms with Gasteiger partial charge in [0.1, 0.15) is 10.8 Å². The fraction of sp³-hybridized carbons (Fsp3) is 0.400. The van der Waals surface area contributed by atoms with Crippen LogP contribution in [0.4, 0.5) is 5.00 Å². The largest absolute Gasteiger partial charge is 0.361 e. The molecule has 2 aromatic rings. The van der Waals surface area contributed by atoms with Crippen molar-refractivity contribution in [2.45, 2.75) is 34.1 Å². The summed E-state index contributed by atoms with van der Waals surface area (Å²) in [7, 11) is 0. The number of nitrogens with zero attached hydrogens (tertiary/aromatic N) is 1. The molecule has 0 aliphatic carbocycles. The number of hydrogen-bond acceptors (Lipinski definition) is 5. The zero-order valence-electron chi connectivity index (χ0n) is 12.5. The number of rotatable bonds is 4. The number of thiophene rings is 1. The van der Waals surface area contributed by atoms with E-state index in [0.717, 1.165) is 0 Å². The van der Waals surface area contributed by atoms with Gasteiger partial charge < -0.3 is 9.84 Å². The van der Waals surface area contributed by atoms with Crippen LogP contribution in [0.2, 0.25) is 0 Å². The highest BCUT2D eigenvalue weighted by Gasteiger charge is 2.26. The normalized spacial score (nSPS) is 11.4. The molecule has 2 aromatic heterocycles. The molecule has 0 aromatic carbocycles. The number of nitrogens with one attached hydrogen (secondary N) is 1. The van der Waals surface area contributed by atoms with E-state index in [1.165, 1.54) is 11.3 Å². The Hall–Kier alpha value is -1.95. The van der Waals surface area contributed by atoms with E-state index in [4.69, 9.17) is 4.52 Å². The van der Waals surface area contributed by atoms with Gasteiger partial charge in [0.15, 0.2) is 5.78 Å². The zero-order chi connectivity index (χ0) is 15.6. The molecule has 0 bridgehead atoms. The highest BCUT2D eigenvalue weighted by atomic mass is 32.1. The third-order valence-electron chi connectivity index (χ3n) is 2.86. The molecule has 0 atom stereocenters. The van der Waals surface area contributed by atoms with Crippen LogP contribution in [0.25, 0.3) is 0 Å². The van der Waals surface area contributed by atoms with E-state index in [0.29, 0.717) is 22.0 Å². The van der Waals surface area contributed by atoms with Crippen molar-refractivity contribution in [1.29, 1.82) is 0 Å². The molecule has 1 N–H and O–H groups in total. The first-order valence-corrected chi connectivity index (χ1v) is 7.49.